The number of pyridine rings is 1. The molecule has 0 aromatic carbocycles. The molecule has 1 atom stereocenters. The fourth-order valence-corrected chi connectivity index (χ4v) is 2.41. The van der Waals surface area contributed by atoms with Crippen molar-refractivity contribution >= 4 is 16.9 Å². The summed E-state index contributed by atoms with van der Waals surface area (Å²) in [5.74, 6) is -0.154. The predicted octanol–water partition coefficient (Wildman–Crippen LogP) is 2.40. The third kappa shape index (κ3) is 3.54. The van der Waals surface area contributed by atoms with Gasteiger partial charge in [-0.25, -0.2) is 9.67 Å². The number of amides is 1. The average Bonchev–Trinajstić information content (AvgIpc) is 2.97. The van der Waals surface area contributed by atoms with Gasteiger partial charge in [-0.3, -0.25) is 4.79 Å². The van der Waals surface area contributed by atoms with E-state index in [9.17, 15) is 4.79 Å². The number of carbonyl (C=O) groups is 1. The molecular weight excluding hydrogens is 306 g/mol. The van der Waals surface area contributed by atoms with Crippen LogP contribution in [-0.2, 0) is 4.74 Å². The Kier molecular flexibility index (Phi) is 5.52. The Morgan fingerprint density at radius 3 is 2.67 bits per heavy atom. The second kappa shape index (κ2) is 7.41. The average molecular weight is 329 g/mol. The van der Waals surface area contributed by atoms with Crippen LogP contribution in [0.4, 0.5) is 0 Å². The van der Waals surface area contributed by atoms with Crippen LogP contribution in [0.25, 0.3) is 11.0 Å². The molecule has 2 heterocycles. The van der Waals surface area contributed by atoms with Gasteiger partial charge in [-0.05, 0) is 25.8 Å². The van der Waals surface area contributed by atoms with E-state index in [2.05, 4.69) is 15.4 Å². The van der Waals surface area contributed by atoms with E-state index in [4.69, 9.17) is 10.00 Å². The molecule has 2 aromatic heterocycles. The Labute approximate surface area is 141 Å². The summed E-state index contributed by atoms with van der Waals surface area (Å²) in [6.07, 6.45) is 1.65. The molecule has 0 aliphatic carbocycles. The number of carbonyl (C=O) groups excluding carboxylic acids is 1. The summed E-state index contributed by atoms with van der Waals surface area (Å²) in [5.41, 5.74) is 1.98. The van der Waals surface area contributed by atoms with Crippen molar-refractivity contribution in [2.45, 2.75) is 45.7 Å². The van der Waals surface area contributed by atoms with Gasteiger partial charge in [-0.1, -0.05) is 13.8 Å². The highest BCUT2D eigenvalue weighted by Crippen LogP contribution is 2.24. The van der Waals surface area contributed by atoms with Gasteiger partial charge in [0.1, 0.15) is 6.04 Å². The van der Waals surface area contributed by atoms with E-state index >= 15 is 0 Å². The minimum Gasteiger partial charge on any atom is -0.381 e. The smallest absolute Gasteiger partial charge is 0.253 e. The molecule has 2 rings (SSSR count). The molecule has 0 spiro atoms. The number of methoxy groups -OCH3 is 1. The summed E-state index contributed by atoms with van der Waals surface area (Å²) < 4.78 is 6.75. The first-order valence-corrected chi connectivity index (χ1v) is 7.96. The Balaban J connectivity index is 2.52. The van der Waals surface area contributed by atoms with E-state index in [0.29, 0.717) is 16.6 Å². The molecule has 7 heteroatoms. The molecule has 0 saturated carbocycles. The Morgan fingerprint density at radius 2 is 2.12 bits per heavy atom. The lowest BCUT2D eigenvalue weighted by atomic mass is 10.0. The molecule has 0 aliphatic heterocycles. The zero-order valence-electron chi connectivity index (χ0n) is 14.7. The molecule has 1 N–H and O–H groups in total. The zero-order chi connectivity index (χ0) is 17.9. The van der Waals surface area contributed by atoms with Crippen molar-refractivity contribution < 1.29 is 9.53 Å². The maximum atomic E-state index is 12.7. The summed E-state index contributed by atoms with van der Waals surface area (Å²) >= 11 is 0. The summed E-state index contributed by atoms with van der Waals surface area (Å²) in [4.78, 5) is 17.3. The number of nitriles is 1. The van der Waals surface area contributed by atoms with Crippen molar-refractivity contribution in [2.75, 3.05) is 13.7 Å². The SMILES string of the molecule is COC[C@@H](C#N)NC(=O)c1cc(C(C)C)nc2c1cnn2C(C)C. The lowest BCUT2D eigenvalue weighted by molar-refractivity contribution is 0.0920. The van der Waals surface area contributed by atoms with Crippen LogP contribution in [0.3, 0.4) is 0 Å². The highest BCUT2D eigenvalue weighted by atomic mass is 16.5. The van der Waals surface area contributed by atoms with E-state index in [1.807, 2.05) is 33.8 Å². The first-order valence-electron chi connectivity index (χ1n) is 7.96. The van der Waals surface area contributed by atoms with Crippen LogP contribution in [0.5, 0.6) is 0 Å². The summed E-state index contributed by atoms with van der Waals surface area (Å²) in [6, 6.07) is 3.23. The molecule has 7 nitrogen and oxygen atoms in total. The molecule has 0 fully saturated rings. The normalized spacial score (nSPS) is 12.6. The van der Waals surface area contributed by atoms with E-state index in [1.165, 1.54) is 7.11 Å². The highest BCUT2D eigenvalue weighted by molar-refractivity contribution is 6.05. The van der Waals surface area contributed by atoms with Gasteiger partial charge in [-0.15, -0.1) is 0 Å². The van der Waals surface area contributed by atoms with Gasteiger partial charge in [0.2, 0.25) is 0 Å². The van der Waals surface area contributed by atoms with Crippen molar-refractivity contribution in [1.82, 2.24) is 20.1 Å². The quantitative estimate of drug-likeness (QED) is 0.878. The second-order valence-corrected chi connectivity index (χ2v) is 6.28. The van der Waals surface area contributed by atoms with Crippen molar-refractivity contribution in [2.24, 2.45) is 0 Å². The molecule has 128 valence electrons. The van der Waals surface area contributed by atoms with Crippen molar-refractivity contribution in [3.8, 4) is 6.07 Å². The molecule has 1 amide bonds. The third-order valence-electron chi connectivity index (χ3n) is 3.71. The monoisotopic (exact) mass is 329 g/mol. The maximum absolute atomic E-state index is 12.7. The summed E-state index contributed by atoms with van der Waals surface area (Å²) in [7, 11) is 1.49. The van der Waals surface area contributed by atoms with E-state index in [1.54, 1.807) is 16.9 Å². The summed E-state index contributed by atoms with van der Waals surface area (Å²) in [5, 5.41) is 16.8. The largest absolute Gasteiger partial charge is 0.381 e. The minimum absolute atomic E-state index is 0.133. The number of hydrogen-bond donors (Lipinski definition) is 1. The molecule has 0 bridgehead atoms. The van der Waals surface area contributed by atoms with Crippen molar-refractivity contribution in [3.05, 3.63) is 23.5 Å². The molecule has 0 saturated heterocycles. The second-order valence-electron chi connectivity index (χ2n) is 6.28. The first-order chi connectivity index (χ1) is 11.4. The van der Waals surface area contributed by atoms with E-state index in [0.717, 1.165) is 5.69 Å². The third-order valence-corrected chi connectivity index (χ3v) is 3.71. The highest BCUT2D eigenvalue weighted by Gasteiger charge is 2.20. The Hall–Kier alpha value is -2.46. The van der Waals surface area contributed by atoms with Crippen LogP contribution in [0.15, 0.2) is 12.3 Å². The number of ether oxygens (including phenoxy) is 1. The summed E-state index contributed by atoms with van der Waals surface area (Å²) in [6.45, 7) is 8.21. The van der Waals surface area contributed by atoms with Gasteiger partial charge in [-0.2, -0.15) is 10.4 Å². The first kappa shape index (κ1) is 17.9. The van der Waals surface area contributed by atoms with Gasteiger partial charge in [0, 0.05) is 18.8 Å². The van der Waals surface area contributed by atoms with Crippen molar-refractivity contribution in [3.63, 3.8) is 0 Å². The number of aromatic nitrogens is 3. The zero-order valence-corrected chi connectivity index (χ0v) is 14.7. The van der Waals surface area contributed by atoms with E-state index < -0.39 is 6.04 Å². The fourth-order valence-electron chi connectivity index (χ4n) is 2.41. The van der Waals surface area contributed by atoms with E-state index in [-0.39, 0.29) is 24.5 Å². The van der Waals surface area contributed by atoms with Crippen LogP contribution in [0.2, 0.25) is 0 Å². The van der Waals surface area contributed by atoms with Crippen LogP contribution in [0.1, 0.15) is 55.7 Å². The van der Waals surface area contributed by atoms with Crippen LogP contribution < -0.4 is 5.32 Å². The lowest BCUT2D eigenvalue weighted by Gasteiger charge is -2.14. The molecule has 0 unspecified atom stereocenters. The maximum Gasteiger partial charge on any atom is 0.253 e. The topological polar surface area (TPSA) is 92.8 Å². The molecule has 0 aliphatic rings. The molecule has 0 radical (unpaired) electrons. The van der Waals surface area contributed by atoms with Gasteiger partial charge in [0.25, 0.3) is 5.91 Å². The minimum atomic E-state index is -0.701. The van der Waals surface area contributed by atoms with Gasteiger partial charge in [0.05, 0.1) is 29.8 Å². The molecule has 24 heavy (non-hydrogen) atoms. The number of nitrogens with zero attached hydrogens (tertiary/aromatic N) is 4. The van der Waals surface area contributed by atoms with Crippen LogP contribution in [0, 0.1) is 11.3 Å². The fraction of sp³-hybridized carbons (Fsp3) is 0.529. The Bertz CT molecular complexity index is 773. The molecule has 2 aromatic rings. The number of rotatable bonds is 6. The molecular formula is C17H23N5O2. The van der Waals surface area contributed by atoms with Crippen molar-refractivity contribution in [1.29, 1.82) is 5.26 Å². The van der Waals surface area contributed by atoms with Gasteiger partial charge >= 0.3 is 0 Å². The van der Waals surface area contributed by atoms with Crippen LogP contribution >= 0.6 is 0 Å². The predicted molar refractivity (Wildman–Crippen MR) is 90.7 cm³/mol. The number of nitrogens with one attached hydrogen (secondary N) is 1. The van der Waals surface area contributed by atoms with Gasteiger partial charge in [0.15, 0.2) is 5.65 Å². The van der Waals surface area contributed by atoms with Gasteiger partial charge < -0.3 is 10.1 Å². The lowest BCUT2D eigenvalue weighted by Crippen LogP contribution is -2.37. The Morgan fingerprint density at radius 1 is 1.42 bits per heavy atom. The number of fused-ring (bicyclic) bond motifs is 1. The van der Waals surface area contributed by atoms with Crippen LogP contribution in [-0.4, -0.2) is 40.4 Å². The number of hydrogen-bond acceptors (Lipinski definition) is 5. The standard InChI is InChI=1S/C17H23N5O2/c1-10(2)15-6-13(17(23)20-12(7-18)9-24-5)14-8-19-22(11(3)4)16(14)21-15/h6,8,10-12H,9H2,1-5H3,(H,20,23)/t12-/m1/s1.